The van der Waals surface area contributed by atoms with Crippen molar-refractivity contribution in [3.05, 3.63) is 35.9 Å². The van der Waals surface area contributed by atoms with Crippen LogP contribution in [0.5, 0.6) is 0 Å². The molecule has 0 aliphatic rings. The van der Waals surface area contributed by atoms with Crippen molar-refractivity contribution in [2.75, 3.05) is 6.54 Å². The van der Waals surface area contributed by atoms with Crippen LogP contribution in [0.4, 0.5) is 4.79 Å². The highest BCUT2D eigenvalue weighted by molar-refractivity contribution is 5.67. The Morgan fingerprint density at radius 1 is 1.35 bits per heavy atom. The molecule has 94 valence electrons. The van der Waals surface area contributed by atoms with E-state index in [4.69, 9.17) is 5.73 Å². The van der Waals surface area contributed by atoms with E-state index in [0.717, 1.165) is 5.56 Å². The van der Waals surface area contributed by atoms with Crippen LogP contribution in [0.15, 0.2) is 30.3 Å². The summed E-state index contributed by atoms with van der Waals surface area (Å²) in [5, 5.41) is 9.34. The number of amides is 1. The van der Waals surface area contributed by atoms with E-state index in [0.29, 0.717) is 0 Å². The van der Waals surface area contributed by atoms with E-state index in [2.05, 4.69) is 0 Å². The zero-order chi connectivity index (χ0) is 13.1. The zero-order valence-electron chi connectivity index (χ0n) is 10.6. The van der Waals surface area contributed by atoms with Crippen LogP contribution in [-0.4, -0.2) is 28.2 Å². The van der Waals surface area contributed by atoms with Gasteiger partial charge in [-0.1, -0.05) is 30.3 Å². The standard InChI is InChI=1S/C13H20N2O2/c1-13(2,3)15(12(16)17)11(9-14)10-7-5-4-6-8-10/h4-8,11H,9,14H2,1-3H3,(H,16,17)/t11-/m1/s1. The first-order chi connectivity index (χ1) is 7.88. The van der Waals surface area contributed by atoms with Gasteiger partial charge in [-0.15, -0.1) is 0 Å². The van der Waals surface area contributed by atoms with Crippen molar-refractivity contribution in [3.63, 3.8) is 0 Å². The SMILES string of the molecule is CC(C)(C)N(C(=O)O)[C@H](CN)c1ccccc1. The molecule has 0 spiro atoms. The van der Waals surface area contributed by atoms with Crippen molar-refractivity contribution in [1.82, 2.24) is 4.90 Å². The topological polar surface area (TPSA) is 66.6 Å². The lowest BCUT2D eigenvalue weighted by molar-refractivity contribution is 0.0721. The van der Waals surface area contributed by atoms with Crippen molar-refractivity contribution in [1.29, 1.82) is 0 Å². The number of nitrogens with two attached hydrogens (primary N) is 1. The lowest BCUT2D eigenvalue weighted by atomic mass is 9.98. The van der Waals surface area contributed by atoms with Gasteiger partial charge in [0.1, 0.15) is 0 Å². The predicted octanol–water partition coefficient (Wildman–Crippen LogP) is 2.46. The Morgan fingerprint density at radius 2 is 1.88 bits per heavy atom. The summed E-state index contributed by atoms with van der Waals surface area (Å²) in [7, 11) is 0. The molecule has 3 N–H and O–H groups in total. The fourth-order valence-corrected chi connectivity index (χ4v) is 1.95. The van der Waals surface area contributed by atoms with E-state index in [9.17, 15) is 9.90 Å². The zero-order valence-corrected chi connectivity index (χ0v) is 10.6. The van der Waals surface area contributed by atoms with E-state index >= 15 is 0 Å². The second kappa shape index (κ2) is 5.19. The van der Waals surface area contributed by atoms with E-state index in [1.165, 1.54) is 4.90 Å². The second-order valence-corrected chi connectivity index (χ2v) is 4.99. The van der Waals surface area contributed by atoms with Gasteiger partial charge < -0.3 is 10.8 Å². The van der Waals surface area contributed by atoms with Crippen LogP contribution in [0.1, 0.15) is 32.4 Å². The molecule has 0 saturated carbocycles. The molecule has 4 heteroatoms. The van der Waals surface area contributed by atoms with Gasteiger partial charge in [0.15, 0.2) is 0 Å². The number of carbonyl (C=O) groups is 1. The van der Waals surface area contributed by atoms with Gasteiger partial charge >= 0.3 is 6.09 Å². The third-order valence-electron chi connectivity index (χ3n) is 2.65. The van der Waals surface area contributed by atoms with E-state index in [1.807, 2.05) is 51.1 Å². The minimum absolute atomic E-state index is 0.271. The minimum Gasteiger partial charge on any atom is -0.465 e. The Labute approximate surface area is 102 Å². The number of carboxylic acid groups (broad SMARTS) is 1. The van der Waals surface area contributed by atoms with Crippen LogP contribution < -0.4 is 5.73 Å². The van der Waals surface area contributed by atoms with Crippen LogP contribution >= 0.6 is 0 Å². The smallest absolute Gasteiger partial charge is 0.408 e. The van der Waals surface area contributed by atoms with Gasteiger partial charge in [-0.2, -0.15) is 0 Å². The summed E-state index contributed by atoms with van der Waals surface area (Å²) in [6, 6.07) is 9.17. The molecule has 0 bridgehead atoms. The van der Waals surface area contributed by atoms with Gasteiger partial charge in [-0.25, -0.2) is 4.79 Å². The molecule has 1 amide bonds. The van der Waals surface area contributed by atoms with Crippen LogP contribution in [0.3, 0.4) is 0 Å². The Hall–Kier alpha value is -1.55. The molecule has 0 aromatic heterocycles. The van der Waals surface area contributed by atoms with Crippen molar-refractivity contribution in [2.24, 2.45) is 5.73 Å². The van der Waals surface area contributed by atoms with Gasteiger partial charge in [-0.3, -0.25) is 4.90 Å². The molecule has 1 rings (SSSR count). The van der Waals surface area contributed by atoms with E-state index < -0.39 is 11.6 Å². The van der Waals surface area contributed by atoms with Crippen molar-refractivity contribution < 1.29 is 9.90 Å². The van der Waals surface area contributed by atoms with Crippen molar-refractivity contribution in [3.8, 4) is 0 Å². The molecular formula is C13H20N2O2. The predicted molar refractivity (Wildman–Crippen MR) is 67.9 cm³/mol. The molecule has 0 aliphatic heterocycles. The summed E-state index contributed by atoms with van der Waals surface area (Å²) in [5.74, 6) is 0. The summed E-state index contributed by atoms with van der Waals surface area (Å²) >= 11 is 0. The first-order valence-electron chi connectivity index (χ1n) is 5.65. The molecule has 1 atom stereocenters. The third-order valence-corrected chi connectivity index (χ3v) is 2.65. The maximum Gasteiger partial charge on any atom is 0.408 e. The summed E-state index contributed by atoms with van der Waals surface area (Å²) in [6.07, 6.45) is -0.947. The fourth-order valence-electron chi connectivity index (χ4n) is 1.95. The Balaban J connectivity index is 3.11. The van der Waals surface area contributed by atoms with Crippen LogP contribution in [-0.2, 0) is 0 Å². The first-order valence-corrected chi connectivity index (χ1v) is 5.65. The highest BCUT2D eigenvalue weighted by Gasteiger charge is 2.33. The van der Waals surface area contributed by atoms with E-state index in [-0.39, 0.29) is 12.6 Å². The maximum absolute atomic E-state index is 11.4. The highest BCUT2D eigenvalue weighted by atomic mass is 16.4. The first kappa shape index (κ1) is 13.5. The lowest BCUT2D eigenvalue weighted by Gasteiger charge is -2.39. The molecular weight excluding hydrogens is 216 g/mol. The minimum atomic E-state index is -0.947. The Bertz CT molecular complexity index is 371. The van der Waals surface area contributed by atoms with E-state index in [1.54, 1.807) is 0 Å². The summed E-state index contributed by atoms with van der Waals surface area (Å²) in [5.41, 5.74) is 6.18. The van der Waals surface area contributed by atoms with Crippen molar-refractivity contribution in [2.45, 2.75) is 32.4 Å². The molecule has 1 aromatic carbocycles. The van der Waals surface area contributed by atoms with Crippen LogP contribution in [0.2, 0.25) is 0 Å². The van der Waals surface area contributed by atoms with Gasteiger partial charge in [-0.05, 0) is 26.3 Å². The number of nitrogens with zero attached hydrogens (tertiary/aromatic N) is 1. The quantitative estimate of drug-likeness (QED) is 0.847. The molecule has 0 heterocycles. The molecule has 0 unspecified atom stereocenters. The second-order valence-electron chi connectivity index (χ2n) is 4.99. The number of rotatable bonds is 3. The van der Waals surface area contributed by atoms with Gasteiger partial charge in [0.25, 0.3) is 0 Å². The third kappa shape index (κ3) is 3.20. The van der Waals surface area contributed by atoms with Crippen molar-refractivity contribution >= 4 is 6.09 Å². The Kier molecular flexibility index (Phi) is 4.12. The maximum atomic E-state index is 11.4. The molecule has 0 radical (unpaired) electrons. The summed E-state index contributed by atoms with van der Waals surface area (Å²) in [6.45, 7) is 5.87. The largest absolute Gasteiger partial charge is 0.465 e. The molecule has 17 heavy (non-hydrogen) atoms. The number of benzene rings is 1. The highest BCUT2D eigenvalue weighted by Crippen LogP contribution is 2.27. The molecule has 0 fully saturated rings. The number of hydrogen-bond donors (Lipinski definition) is 2. The average molecular weight is 236 g/mol. The normalized spacial score (nSPS) is 13.2. The molecule has 0 saturated heterocycles. The molecule has 4 nitrogen and oxygen atoms in total. The summed E-state index contributed by atoms with van der Waals surface area (Å²) in [4.78, 5) is 12.8. The fraction of sp³-hybridized carbons (Fsp3) is 0.462. The Morgan fingerprint density at radius 3 is 2.24 bits per heavy atom. The van der Waals surface area contributed by atoms with Crippen LogP contribution in [0.25, 0.3) is 0 Å². The molecule has 0 aliphatic carbocycles. The van der Waals surface area contributed by atoms with Gasteiger partial charge in [0, 0.05) is 12.1 Å². The lowest BCUT2D eigenvalue weighted by Crippen LogP contribution is -2.49. The van der Waals surface area contributed by atoms with Gasteiger partial charge in [0.05, 0.1) is 6.04 Å². The van der Waals surface area contributed by atoms with Gasteiger partial charge in [0.2, 0.25) is 0 Å². The average Bonchev–Trinajstić information content (AvgIpc) is 2.24. The number of hydrogen-bond acceptors (Lipinski definition) is 2. The molecule has 1 aromatic rings. The van der Waals surface area contributed by atoms with Crippen LogP contribution in [0, 0.1) is 0 Å². The summed E-state index contributed by atoms with van der Waals surface area (Å²) < 4.78 is 0. The monoisotopic (exact) mass is 236 g/mol.